The number of nitrogens with zero attached hydrogens (tertiary/aromatic N) is 2. The van der Waals surface area contributed by atoms with Crippen molar-refractivity contribution in [2.75, 3.05) is 0 Å². The molecule has 1 atom stereocenters. The fourth-order valence-corrected chi connectivity index (χ4v) is 2.47. The predicted octanol–water partition coefficient (Wildman–Crippen LogP) is 4.21. The van der Waals surface area contributed by atoms with Crippen molar-refractivity contribution in [1.82, 2.24) is 9.38 Å². The van der Waals surface area contributed by atoms with Gasteiger partial charge in [-0.25, -0.2) is 9.78 Å². The van der Waals surface area contributed by atoms with E-state index in [-0.39, 0.29) is 5.56 Å². The Balaban J connectivity index is 1.97. The summed E-state index contributed by atoms with van der Waals surface area (Å²) in [6.45, 7) is 4.40. The summed E-state index contributed by atoms with van der Waals surface area (Å²) < 4.78 is 1.84. The second-order valence-electron chi connectivity index (χ2n) is 5.54. The first-order valence-electron chi connectivity index (χ1n) is 7.41. The van der Waals surface area contributed by atoms with E-state index in [9.17, 15) is 4.79 Å². The number of hydrogen-bond donors (Lipinski definition) is 1. The molecule has 3 rings (SSSR count). The fraction of sp³-hybridized carbons (Fsp3) is 0.222. The van der Waals surface area contributed by atoms with Crippen LogP contribution in [0.4, 0.5) is 0 Å². The lowest BCUT2D eigenvalue weighted by molar-refractivity contribution is 0.0697. The molecule has 1 N–H and O–H groups in total. The van der Waals surface area contributed by atoms with Gasteiger partial charge in [-0.3, -0.25) is 0 Å². The van der Waals surface area contributed by atoms with Crippen molar-refractivity contribution in [2.45, 2.75) is 26.2 Å². The van der Waals surface area contributed by atoms with Crippen LogP contribution < -0.4 is 0 Å². The van der Waals surface area contributed by atoms with E-state index in [2.05, 4.69) is 43.1 Å². The largest absolute Gasteiger partial charge is 0.478 e. The summed E-state index contributed by atoms with van der Waals surface area (Å²) in [5, 5.41) is 9.04. The maximum Gasteiger partial charge on any atom is 0.335 e. The summed E-state index contributed by atoms with van der Waals surface area (Å²) in [5.74, 6) is -0.391. The van der Waals surface area contributed by atoms with Gasteiger partial charge in [0.15, 0.2) is 0 Å². The van der Waals surface area contributed by atoms with Gasteiger partial charge in [-0.05, 0) is 30.0 Å². The summed E-state index contributed by atoms with van der Waals surface area (Å²) in [6, 6.07) is 11.6. The number of carboxylic acids is 1. The maximum absolute atomic E-state index is 11.0. The Morgan fingerprint density at radius 2 is 2.00 bits per heavy atom. The summed E-state index contributed by atoms with van der Waals surface area (Å²) in [5.41, 5.74) is 4.09. The summed E-state index contributed by atoms with van der Waals surface area (Å²) >= 11 is 0. The minimum absolute atomic E-state index is 0.247. The molecule has 0 bridgehead atoms. The number of rotatable bonds is 4. The van der Waals surface area contributed by atoms with E-state index < -0.39 is 5.97 Å². The molecule has 0 radical (unpaired) electrons. The molecular formula is C18H18N2O2. The monoisotopic (exact) mass is 294 g/mol. The second kappa shape index (κ2) is 5.64. The van der Waals surface area contributed by atoms with Crippen LogP contribution in [0.1, 0.15) is 42.1 Å². The van der Waals surface area contributed by atoms with E-state index in [1.807, 2.05) is 10.6 Å². The van der Waals surface area contributed by atoms with Gasteiger partial charge in [0.05, 0.1) is 11.3 Å². The maximum atomic E-state index is 11.0. The number of aromatic carboxylic acids is 1. The smallest absolute Gasteiger partial charge is 0.335 e. The molecule has 0 aliphatic rings. The van der Waals surface area contributed by atoms with Crippen LogP contribution in [0.15, 0.2) is 48.8 Å². The molecule has 0 aliphatic carbocycles. The molecule has 0 saturated carbocycles. The lowest BCUT2D eigenvalue weighted by atomic mass is 9.97. The van der Waals surface area contributed by atoms with Crippen molar-refractivity contribution >= 4 is 11.6 Å². The molecule has 1 unspecified atom stereocenters. The molecule has 0 aliphatic heterocycles. The molecule has 0 spiro atoms. The van der Waals surface area contributed by atoms with E-state index in [0.29, 0.717) is 11.6 Å². The number of carbonyl (C=O) groups is 1. The Morgan fingerprint density at radius 1 is 1.27 bits per heavy atom. The second-order valence-corrected chi connectivity index (χ2v) is 5.54. The molecule has 22 heavy (non-hydrogen) atoms. The van der Waals surface area contributed by atoms with Crippen molar-refractivity contribution in [3.63, 3.8) is 0 Å². The van der Waals surface area contributed by atoms with Crippen LogP contribution in [-0.4, -0.2) is 20.5 Å². The number of carboxylic acid groups (broad SMARTS) is 1. The highest BCUT2D eigenvalue weighted by Crippen LogP contribution is 2.24. The number of aromatic nitrogens is 2. The zero-order valence-corrected chi connectivity index (χ0v) is 12.7. The topological polar surface area (TPSA) is 54.6 Å². The number of fused-ring (bicyclic) bond motifs is 1. The van der Waals surface area contributed by atoms with E-state index >= 15 is 0 Å². The normalized spacial score (nSPS) is 12.5. The van der Waals surface area contributed by atoms with Crippen molar-refractivity contribution in [3.8, 4) is 11.3 Å². The van der Waals surface area contributed by atoms with E-state index in [1.54, 1.807) is 18.3 Å². The number of benzene rings is 1. The summed E-state index contributed by atoms with van der Waals surface area (Å²) in [4.78, 5) is 15.5. The third kappa shape index (κ3) is 2.60. The Kier molecular flexibility index (Phi) is 3.67. The van der Waals surface area contributed by atoms with Crippen LogP contribution in [0.3, 0.4) is 0 Å². The van der Waals surface area contributed by atoms with Gasteiger partial charge in [-0.2, -0.15) is 0 Å². The van der Waals surface area contributed by atoms with Crippen LogP contribution in [0.25, 0.3) is 16.9 Å². The third-order valence-electron chi connectivity index (χ3n) is 4.10. The Labute approximate surface area is 129 Å². The van der Waals surface area contributed by atoms with Gasteiger partial charge < -0.3 is 9.51 Å². The molecule has 4 nitrogen and oxygen atoms in total. The lowest BCUT2D eigenvalue weighted by Gasteiger charge is -2.08. The standard InChI is InChI=1S/C18H18N2O2/c1-3-12(2)13-4-6-14(7-5-13)16-11-20-9-8-15(18(21)22)10-17(20)19-16/h4-12H,3H2,1-2H3,(H,21,22). The highest BCUT2D eigenvalue weighted by molar-refractivity contribution is 5.88. The van der Waals surface area contributed by atoms with E-state index in [0.717, 1.165) is 17.7 Å². The van der Waals surface area contributed by atoms with Gasteiger partial charge in [-0.15, -0.1) is 0 Å². The molecule has 2 heterocycles. The predicted molar refractivity (Wildman–Crippen MR) is 86.3 cm³/mol. The molecule has 0 amide bonds. The van der Waals surface area contributed by atoms with E-state index in [1.165, 1.54) is 5.56 Å². The molecule has 112 valence electrons. The third-order valence-corrected chi connectivity index (χ3v) is 4.10. The Morgan fingerprint density at radius 3 is 2.64 bits per heavy atom. The molecule has 4 heteroatoms. The average Bonchev–Trinajstić information content (AvgIpc) is 2.97. The van der Waals surface area contributed by atoms with Crippen LogP contribution in [-0.2, 0) is 0 Å². The highest BCUT2D eigenvalue weighted by Gasteiger charge is 2.09. The van der Waals surface area contributed by atoms with Crippen LogP contribution in [0, 0.1) is 0 Å². The zero-order valence-electron chi connectivity index (χ0n) is 12.7. The lowest BCUT2D eigenvalue weighted by Crippen LogP contribution is -1.96. The molecule has 0 saturated heterocycles. The Bertz CT molecular complexity index is 819. The molecule has 2 aromatic heterocycles. The van der Waals surface area contributed by atoms with Gasteiger partial charge in [0.2, 0.25) is 0 Å². The van der Waals surface area contributed by atoms with Gasteiger partial charge in [0.1, 0.15) is 5.65 Å². The number of imidazole rings is 1. The van der Waals surface area contributed by atoms with Crippen LogP contribution in [0.2, 0.25) is 0 Å². The van der Waals surface area contributed by atoms with Crippen LogP contribution in [0.5, 0.6) is 0 Å². The number of hydrogen-bond acceptors (Lipinski definition) is 2. The fourth-order valence-electron chi connectivity index (χ4n) is 2.47. The zero-order chi connectivity index (χ0) is 15.7. The van der Waals surface area contributed by atoms with Crippen molar-refractivity contribution < 1.29 is 9.90 Å². The van der Waals surface area contributed by atoms with Crippen molar-refractivity contribution in [1.29, 1.82) is 0 Å². The van der Waals surface area contributed by atoms with Gasteiger partial charge in [-0.1, -0.05) is 38.1 Å². The molecular weight excluding hydrogens is 276 g/mol. The highest BCUT2D eigenvalue weighted by atomic mass is 16.4. The first kappa shape index (κ1) is 14.3. The minimum atomic E-state index is -0.940. The van der Waals surface area contributed by atoms with Gasteiger partial charge in [0, 0.05) is 18.0 Å². The Hall–Kier alpha value is -2.62. The number of pyridine rings is 1. The average molecular weight is 294 g/mol. The first-order chi connectivity index (χ1) is 10.6. The summed E-state index contributed by atoms with van der Waals surface area (Å²) in [7, 11) is 0. The SMILES string of the molecule is CCC(C)c1ccc(-c2cn3ccc(C(=O)O)cc3n2)cc1. The molecule has 0 fully saturated rings. The minimum Gasteiger partial charge on any atom is -0.478 e. The molecule has 3 aromatic rings. The van der Waals surface area contributed by atoms with Crippen LogP contribution >= 0.6 is 0 Å². The molecule has 1 aromatic carbocycles. The summed E-state index contributed by atoms with van der Waals surface area (Å²) in [6.07, 6.45) is 4.76. The van der Waals surface area contributed by atoms with Crippen molar-refractivity contribution in [3.05, 3.63) is 59.9 Å². The van der Waals surface area contributed by atoms with E-state index in [4.69, 9.17) is 5.11 Å². The van der Waals surface area contributed by atoms with Gasteiger partial charge >= 0.3 is 5.97 Å². The van der Waals surface area contributed by atoms with Gasteiger partial charge in [0.25, 0.3) is 0 Å². The van der Waals surface area contributed by atoms with Crippen molar-refractivity contribution in [2.24, 2.45) is 0 Å². The quantitative estimate of drug-likeness (QED) is 0.784. The first-order valence-corrected chi connectivity index (χ1v) is 7.41.